The molecule has 1 saturated carbocycles. The third-order valence-electron chi connectivity index (χ3n) is 4.12. The number of hydrogen-bond acceptors (Lipinski definition) is 1. The SMILES string of the molecule is CC1CCC(C(=O)N[C@H](C)c2ccc(F)cc2)CC1. The van der Waals surface area contributed by atoms with Crippen molar-refractivity contribution in [1.29, 1.82) is 0 Å². The fraction of sp³-hybridized carbons (Fsp3) is 0.562. The first-order valence-corrected chi connectivity index (χ1v) is 7.12. The maximum absolute atomic E-state index is 12.9. The van der Waals surface area contributed by atoms with Gasteiger partial charge in [-0.25, -0.2) is 4.39 Å². The molecule has 0 bridgehead atoms. The summed E-state index contributed by atoms with van der Waals surface area (Å²) in [6.07, 6.45) is 4.26. The maximum Gasteiger partial charge on any atom is 0.223 e. The first-order valence-electron chi connectivity index (χ1n) is 7.12. The molecule has 0 spiro atoms. The Kier molecular flexibility index (Phi) is 4.56. The van der Waals surface area contributed by atoms with E-state index in [0.717, 1.165) is 37.2 Å². The molecule has 0 unspecified atom stereocenters. The van der Waals surface area contributed by atoms with Crippen LogP contribution < -0.4 is 5.32 Å². The average molecular weight is 263 g/mol. The highest BCUT2D eigenvalue weighted by Crippen LogP contribution is 2.28. The van der Waals surface area contributed by atoms with Crippen molar-refractivity contribution in [3.8, 4) is 0 Å². The van der Waals surface area contributed by atoms with Crippen molar-refractivity contribution in [1.82, 2.24) is 5.32 Å². The molecule has 104 valence electrons. The van der Waals surface area contributed by atoms with Gasteiger partial charge in [0.2, 0.25) is 5.91 Å². The van der Waals surface area contributed by atoms with Gasteiger partial charge in [-0.2, -0.15) is 0 Å². The molecule has 0 heterocycles. The van der Waals surface area contributed by atoms with Gasteiger partial charge in [0, 0.05) is 5.92 Å². The van der Waals surface area contributed by atoms with E-state index in [0.29, 0.717) is 0 Å². The Hall–Kier alpha value is -1.38. The molecule has 2 nitrogen and oxygen atoms in total. The molecule has 0 aliphatic heterocycles. The van der Waals surface area contributed by atoms with E-state index in [4.69, 9.17) is 0 Å². The van der Waals surface area contributed by atoms with Gasteiger partial charge >= 0.3 is 0 Å². The van der Waals surface area contributed by atoms with Gasteiger partial charge in [-0.1, -0.05) is 19.1 Å². The molecule has 0 radical (unpaired) electrons. The average Bonchev–Trinajstić information content (AvgIpc) is 2.40. The van der Waals surface area contributed by atoms with Gasteiger partial charge in [0.05, 0.1) is 6.04 Å². The molecular weight excluding hydrogens is 241 g/mol. The van der Waals surface area contributed by atoms with E-state index in [9.17, 15) is 9.18 Å². The normalized spacial score (nSPS) is 24.8. The number of halogens is 1. The van der Waals surface area contributed by atoms with Gasteiger partial charge in [0.1, 0.15) is 5.82 Å². The summed E-state index contributed by atoms with van der Waals surface area (Å²) < 4.78 is 12.9. The van der Waals surface area contributed by atoms with Crippen LogP contribution in [0.5, 0.6) is 0 Å². The zero-order chi connectivity index (χ0) is 13.8. The summed E-state index contributed by atoms with van der Waals surface area (Å²) >= 11 is 0. The lowest BCUT2D eigenvalue weighted by Gasteiger charge is -2.26. The zero-order valence-electron chi connectivity index (χ0n) is 11.7. The number of amides is 1. The number of nitrogens with one attached hydrogen (secondary N) is 1. The highest BCUT2D eigenvalue weighted by atomic mass is 19.1. The first-order chi connectivity index (χ1) is 9.06. The zero-order valence-corrected chi connectivity index (χ0v) is 11.7. The molecule has 2 rings (SSSR count). The molecule has 1 aliphatic rings. The van der Waals surface area contributed by atoms with Gasteiger partial charge in [-0.05, 0) is 56.2 Å². The third-order valence-corrected chi connectivity index (χ3v) is 4.12. The molecule has 3 heteroatoms. The third kappa shape index (κ3) is 3.79. The topological polar surface area (TPSA) is 29.1 Å². The Bertz CT molecular complexity index is 421. The molecule has 1 aromatic rings. The Labute approximate surface area is 114 Å². The molecule has 1 fully saturated rings. The van der Waals surface area contributed by atoms with Crippen LogP contribution in [0.1, 0.15) is 51.1 Å². The van der Waals surface area contributed by atoms with Crippen molar-refractivity contribution < 1.29 is 9.18 Å². The molecule has 0 saturated heterocycles. The van der Waals surface area contributed by atoms with Gasteiger partial charge in [-0.15, -0.1) is 0 Å². The number of carbonyl (C=O) groups is 1. The molecular formula is C16H22FNO. The van der Waals surface area contributed by atoms with Crippen LogP contribution in [-0.2, 0) is 4.79 Å². The van der Waals surface area contributed by atoms with E-state index in [2.05, 4.69) is 12.2 Å². The number of hydrogen-bond donors (Lipinski definition) is 1. The van der Waals surface area contributed by atoms with E-state index in [1.165, 1.54) is 12.1 Å². The minimum absolute atomic E-state index is 0.0625. The molecule has 1 atom stereocenters. The largest absolute Gasteiger partial charge is 0.349 e. The van der Waals surface area contributed by atoms with Gasteiger partial charge in [-0.3, -0.25) is 4.79 Å². The fourth-order valence-corrected chi connectivity index (χ4v) is 2.69. The second-order valence-corrected chi connectivity index (χ2v) is 5.74. The van der Waals surface area contributed by atoms with Crippen molar-refractivity contribution in [3.05, 3.63) is 35.6 Å². The van der Waals surface area contributed by atoms with Crippen LogP contribution in [0.3, 0.4) is 0 Å². The van der Waals surface area contributed by atoms with Crippen LogP contribution in [0.15, 0.2) is 24.3 Å². The van der Waals surface area contributed by atoms with Crippen LogP contribution >= 0.6 is 0 Å². The second-order valence-electron chi connectivity index (χ2n) is 5.74. The molecule has 1 aromatic carbocycles. The van der Waals surface area contributed by atoms with E-state index >= 15 is 0 Å². The van der Waals surface area contributed by atoms with Crippen LogP contribution in [0.4, 0.5) is 4.39 Å². The number of carbonyl (C=O) groups excluding carboxylic acids is 1. The number of rotatable bonds is 3. The highest BCUT2D eigenvalue weighted by molar-refractivity contribution is 5.79. The summed E-state index contributed by atoms with van der Waals surface area (Å²) in [6, 6.07) is 6.25. The lowest BCUT2D eigenvalue weighted by Crippen LogP contribution is -2.34. The summed E-state index contributed by atoms with van der Waals surface area (Å²) in [5.41, 5.74) is 0.943. The van der Waals surface area contributed by atoms with E-state index in [1.54, 1.807) is 12.1 Å². The summed E-state index contributed by atoms with van der Waals surface area (Å²) in [6.45, 7) is 4.19. The lowest BCUT2D eigenvalue weighted by atomic mass is 9.82. The van der Waals surface area contributed by atoms with Crippen molar-refractivity contribution in [2.75, 3.05) is 0 Å². The quantitative estimate of drug-likeness (QED) is 0.882. The highest BCUT2D eigenvalue weighted by Gasteiger charge is 2.25. The summed E-state index contributed by atoms with van der Waals surface area (Å²) in [7, 11) is 0. The fourth-order valence-electron chi connectivity index (χ4n) is 2.69. The summed E-state index contributed by atoms with van der Waals surface area (Å²) in [4.78, 5) is 12.2. The Morgan fingerprint density at radius 2 is 1.79 bits per heavy atom. The van der Waals surface area contributed by atoms with Crippen molar-refractivity contribution in [2.45, 2.75) is 45.6 Å². The van der Waals surface area contributed by atoms with Crippen molar-refractivity contribution in [3.63, 3.8) is 0 Å². The monoisotopic (exact) mass is 263 g/mol. The van der Waals surface area contributed by atoms with Crippen LogP contribution in [0.25, 0.3) is 0 Å². The van der Waals surface area contributed by atoms with Crippen LogP contribution in [0.2, 0.25) is 0 Å². The van der Waals surface area contributed by atoms with Crippen LogP contribution in [-0.4, -0.2) is 5.91 Å². The van der Waals surface area contributed by atoms with Gasteiger partial charge in [0.15, 0.2) is 0 Å². The van der Waals surface area contributed by atoms with Crippen LogP contribution in [0, 0.1) is 17.7 Å². The second kappa shape index (κ2) is 6.18. The number of benzene rings is 1. The smallest absolute Gasteiger partial charge is 0.223 e. The molecule has 1 amide bonds. The van der Waals surface area contributed by atoms with Crippen molar-refractivity contribution >= 4 is 5.91 Å². The standard InChI is InChI=1S/C16H22FNO/c1-11-3-5-14(6-4-11)16(19)18-12(2)13-7-9-15(17)10-8-13/h7-12,14H,3-6H2,1-2H3,(H,18,19)/t11?,12-,14?/m1/s1. The molecule has 1 aliphatic carbocycles. The van der Waals surface area contributed by atoms with Gasteiger partial charge in [0.25, 0.3) is 0 Å². The van der Waals surface area contributed by atoms with E-state index in [1.807, 2.05) is 6.92 Å². The molecule has 19 heavy (non-hydrogen) atoms. The molecule has 0 aromatic heterocycles. The Morgan fingerprint density at radius 3 is 2.37 bits per heavy atom. The Morgan fingerprint density at radius 1 is 1.21 bits per heavy atom. The van der Waals surface area contributed by atoms with E-state index < -0.39 is 0 Å². The lowest BCUT2D eigenvalue weighted by molar-refractivity contribution is -0.126. The predicted octanol–water partition coefficient (Wildman–Crippen LogP) is 3.83. The minimum atomic E-state index is -0.247. The predicted molar refractivity (Wildman–Crippen MR) is 74.1 cm³/mol. The van der Waals surface area contributed by atoms with Crippen molar-refractivity contribution in [2.24, 2.45) is 11.8 Å². The summed E-state index contributed by atoms with van der Waals surface area (Å²) in [5, 5.41) is 3.04. The first kappa shape index (κ1) is 14.0. The van der Waals surface area contributed by atoms with Gasteiger partial charge < -0.3 is 5.32 Å². The Balaban J connectivity index is 1.89. The molecule has 1 N–H and O–H groups in total. The minimum Gasteiger partial charge on any atom is -0.349 e. The maximum atomic E-state index is 12.9. The summed E-state index contributed by atoms with van der Waals surface area (Å²) in [5.74, 6) is 0.796. The van der Waals surface area contributed by atoms with E-state index in [-0.39, 0.29) is 23.7 Å².